The van der Waals surface area contributed by atoms with Crippen LogP contribution in [0.4, 0.5) is 11.4 Å². The number of anilines is 2. The van der Waals surface area contributed by atoms with E-state index in [1.807, 2.05) is 47.4 Å². The zero-order chi connectivity index (χ0) is 19.2. The molecule has 1 heterocycles. The molecule has 0 saturated carbocycles. The molecule has 27 heavy (non-hydrogen) atoms. The van der Waals surface area contributed by atoms with Crippen molar-refractivity contribution in [1.82, 2.24) is 0 Å². The number of ether oxygens (including phenoxy) is 1. The van der Waals surface area contributed by atoms with Gasteiger partial charge in [-0.3, -0.25) is 4.79 Å². The molecule has 144 valence electrons. The van der Waals surface area contributed by atoms with E-state index in [2.05, 4.69) is 37.8 Å². The molecule has 3 rings (SSSR count). The van der Waals surface area contributed by atoms with Gasteiger partial charge in [-0.2, -0.15) is 0 Å². The van der Waals surface area contributed by atoms with Gasteiger partial charge in [-0.25, -0.2) is 0 Å². The lowest BCUT2D eigenvalue weighted by molar-refractivity contribution is 0.0981. The van der Waals surface area contributed by atoms with Gasteiger partial charge >= 0.3 is 0 Å². The van der Waals surface area contributed by atoms with Crippen LogP contribution in [0.3, 0.4) is 0 Å². The van der Waals surface area contributed by atoms with Crippen molar-refractivity contribution in [1.29, 1.82) is 0 Å². The first-order valence-electron chi connectivity index (χ1n) is 9.91. The van der Waals surface area contributed by atoms with Crippen molar-refractivity contribution in [2.45, 2.75) is 33.2 Å². The van der Waals surface area contributed by atoms with Crippen LogP contribution >= 0.6 is 0 Å². The van der Waals surface area contributed by atoms with Gasteiger partial charge in [0.05, 0.1) is 6.61 Å². The van der Waals surface area contributed by atoms with Crippen LogP contribution in [0.1, 0.15) is 37.6 Å². The third-order valence-electron chi connectivity index (χ3n) is 5.19. The third kappa shape index (κ3) is 4.69. The Morgan fingerprint density at radius 2 is 1.78 bits per heavy atom. The molecule has 0 aromatic heterocycles. The van der Waals surface area contributed by atoms with Gasteiger partial charge in [-0.1, -0.05) is 18.2 Å². The fraction of sp³-hybridized carbons (Fsp3) is 0.435. The normalized spacial score (nSPS) is 16.5. The van der Waals surface area contributed by atoms with Crippen molar-refractivity contribution in [3.63, 3.8) is 0 Å². The van der Waals surface area contributed by atoms with Gasteiger partial charge in [0.2, 0.25) is 0 Å². The third-order valence-corrected chi connectivity index (χ3v) is 5.19. The van der Waals surface area contributed by atoms with Crippen LogP contribution in [0.2, 0.25) is 0 Å². The second kappa shape index (κ2) is 9.05. The SMILES string of the molecule is CCN(c1ccc(C(=O)N(CC2CCOC2)c2ccccc2)cc1)C(C)C. The van der Waals surface area contributed by atoms with Crippen molar-refractivity contribution < 1.29 is 9.53 Å². The molecule has 0 N–H and O–H groups in total. The maximum absolute atomic E-state index is 13.3. The van der Waals surface area contributed by atoms with Crippen LogP contribution in [-0.4, -0.2) is 38.3 Å². The minimum atomic E-state index is 0.0484. The highest BCUT2D eigenvalue weighted by Crippen LogP contribution is 2.24. The zero-order valence-electron chi connectivity index (χ0n) is 16.6. The first kappa shape index (κ1) is 19.4. The molecule has 1 aliphatic heterocycles. The molecule has 1 aliphatic rings. The molecule has 1 amide bonds. The molecule has 4 nitrogen and oxygen atoms in total. The quantitative estimate of drug-likeness (QED) is 0.718. The molecule has 1 fully saturated rings. The summed E-state index contributed by atoms with van der Waals surface area (Å²) in [5, 5.41) is 0. The molecule has 0 radical (unpaired) electrons. The summed E-state index contributed by atoms with van der Waals surface area (Å²) in [4.78, 5) is 17.5. The Balaban J connectivity index is 1.82. The van der Waals surface area contributed by atoms with E-state index in [0.29, 0.717) is 18.5 Å². The highest BCUT2D eigenvalue weighted by atomic mass is 16.5. The largest absolute Gasteiger partial charge is 0.381 e. The number of carbonyl (C=O) groups excluding carboxylic acids is 1. The number of carbonyl (C=O) groups is 1. The summed E-state index contributed by atoms with van der Waals surface area (Å²) in [6.07, 6.45) is 1.01. The second-order valence-corrected chi connectivity index (χ2v) is 7.41. The Morgan fingerprint density at radius 1 is 1.07 bits per heavy atom. The van der Waals surface area contributed by atoms with Gasteiger partial charge in [0, 0.05) is 48.6 Å². The Morgan fingerprint density at radius 3 is 2.33 bits per heavy atom. The lowest BCUT2D eigenvalue weighted by Gasteiger charge is -2.28. The maximum atomic E-state index is 13.3. The van der Waals surface area contributed by atoms with Crippen molar-refractivity contribution in [2.75, 3.05) is 36.1 Å². The molecule has 0 aliphatic carbocycles. The predicted molar refractivity (Wildman–Crippen MR) is 112 cm³/mol. The molecule has 1 unspecified atom stereocenters. The van der Waals surface area contributed by atoms with E-state index in [1.165, 1.54) is 0 Å². The lowest BCUT2D eigenvalue weighted by atomic mass is 10.1. The van der Waals surface area contributed by atoms with Crippen LogP contribution in [-0.2, 0) is 4.74 Å². The summed E-state index contributed by atoms with van der Waals surface area (Å²) >= 11 is 0. The number of benzene rings is 2. The number of hydrogen-bond donors (Lipinski definition) is 0. The Kier molecular flexibility index (Phi) is 6.51. The molecule has 0 bridgehead atoms. The average Bonchev–Trinajstić information content (AvgIpc) is 3.20. The summed E-state index contributed by atoms with van der Waals surface area (Å²) < 4.78 is 5.51. The number of amides is 1. The highest BCUT2D eigenvalue weighted by molar-refractivity contribution is 6.06. The molecule has 2 aromatic carbocycles. The topological polar surface area (TPSA) is 32.8 Å². The molecular weight excluding hydrogens is 336 g/mol. The smallest absolute Gasteiger partial charge is 0.258 e. The fourth-order valence-corrected chi connectivity index (χ4v) is 3.70. The van der Waals surface area contributed by atoms with Gasteiger partial charge in [0.1, 0.15) is 0 Å². The summed E-state index contributed by atoms with van der Waals surface area (Å²) in [5.74, 6) is 0.442. The molecule has 0 spiro atoms. The van der Waals surface area contributed by atoms with Gasteiger partial charge in [-0.05, 0) is 63.6 Å². The predicted octanol–water partition coefficient (Wildman–Crippen LogP) is 4.60. The van der Waals surface area contributed by atoms with Gasteiger partial charge in [0.15, 0.2) is 0 Å². The van der Waals surface area contributed by atoms with E-state index < -0.39 is 0 Å². The van der Waals surface area contributed by atoms with Gasteiger partial charge < -0.3 is 14.5 Å². The molecule has 1 atom stereocenters. The zero-order valence-corrected chi connectivity index (χ0v) is 16.6. The Labute approximate surface area is 162 Å². The van der Waals surface area contributed by atoms with Crippen LogP contribution in [0.5, 0.6) is 0 Å². The van der Waals surface area contributed by atoms with E-state index in [9.17, 15) is 4.79 Å². The molecule has 1 saturated heterocycles. The van der Waals surface area contributed by atoms with E-state index in [4.69, 9.17) is 4.74 Å². The van der Waals surface area contributed by atoms with Crippen molar-refractivity contribution in [2.24, 2.45) is 5.92 Å². The number of para-hydroxylation sites is 1. The van der Waals surface area contributed by atoms with Crippen LogP contribution in [0.25, 0.3) is 0 Å². The standard InChI is InChI=1S/C23H30N2O2/c1-4-24(18(2)3)22-12-10-20(11-13-22)23(26)25(16-19-14-15-27-17-19)21-8-6-5-7-9-21/h5-13,18-19H,4,14-17H2,1-3H3. The lowest BCUT2D eigenvalue weighted by Crippen LogP contribution is -2.36. The van der Waals surface area contributed by atoms with Crippen molar-refractivity contribution in [3.05, 3.63) is 60.2 Å². The first-order chi connectivity index (χ1) is 13.1. The molecule has 4 heteroatoms. The average molecular weight is 367 g/mol. The minimum absolute atomic E-state index is 0.0484. The Bertz CT molecular complexity index is 722. The number of rotatable bonds is 7. The van der Waals surface area contributed by atoms with Crippen molar-refractivity contribution in [3.8, 4) is 0 Å². The van der Waals surface area contributed by atoms with E-state index in [-0.39, 0.29) is 5.91 Å². The van der Waals surface area contributed by atoms with Crippen LogP contribution in [0, 0.1) is 5.92 Å². The summed E-state index contributed by atoms with van der Waals surface area (Å²) in [6, 6.07) is 18.4. The fourth-order valence-electron chi connectivity index (χ4n) is 3.70. The first-order valence-corrected chi connectivity index (χ1v) is 9.91. The summed E-state index contributed by atoms with van der Waals surface area (Å²) in [6.45, 7) is 9.68. The molecule has 2 aromatic rings. The van der Waals surface area contributed by atoms with E-state index in [0.717, 1.165) is 43.1 Å². The highest BCUT2D eigenvalue weighted by Gasteiger charge is 2.24. The summed E-state index contributed by atoms with van der Waals surface area (Å²) in [7, 11) is 0. The number of nitrogens with zero attached hydrogens (tertiary/aromatic N) is 2. The maximum Gasteiger partial charge on any atom is 0.258 e. The van der Waals surface area contributed by atoms with E-state index >= 15 is 0 Å². The second-order valence-electron chi connectivity index (χ2n) is 7.41. The van der Waals surface area contributed by atoms with Crippen molar-refractivity contribution >= 4 is 17.3 Å². The van der Waals surface area contributed by atoms with Gasteiger partial charge in [-0.15, -0.1) is 0 Å². The molecular formula is C23H30N2O2. The van der Waals surface area contributed by atoms with Gasteiger partial charge in [0.25, 0.3) is 5.91 Å². The Hall–Kier alpha value is -2.33. The summed E-state index contributed by atoms with van der Waals surface area (Å²) in [5.41, 5.74) is 2.82. The van der Waals surface area contributed by atoms with Crippen LogP contribution in [0.15, 0.2) is 54.6 Å². The number of hydrogen-bond acceptors (Lipinski definition) is 3. The van der Waals surface area contributed by atoms with E-state index in [1.54, 1.807) is 0 Å². The monoisotopic (exact) mass is 366 g/mol. The van der Waals surface area contributed by atoms with Crippen LogP contribution < -0.4 is 9.80 Å². The minimum Gasteiger partial charge on any atom is -0.381 e.